The maximum atomic E-state index is 9.98. The minimum atomic E-state index is 0.195. The van der Waals surface area contributed by atoms with Crippen molar-refractivity contribution in [3.05, 3.63) is 77.9 Å². The van der Waals surface area contributed by atoms with Crippen LogP contribution >= 0.6 is 0 Å². The fourth-order valence-corrected chi connectivity index (χ4v) is 2.20. The lowest BCUT2D eigenvalue weighted by Gasteiger charge is -2.04. The SMILES string of the molecule is Oc1ccc2ccccc2c1/C=N\OCc1ccccc1. The Morgan fingerprint density at radius 2 is 1.67 bits per heavy atom. The normalized spacial score (nSPS) is 11.0. The van der Waals surface area contributed by atoms with E-state index < -0.39 is 0 Å². The molecule has 0 aliphatic heterocycles. The lowest BCUT2D eigenvalue weighted by Crippen LogP contribution is -1.89. The molecular weight excluding hydrogens is 262 g/mol. The first-order valence-electron chi connectivity index (χ1n) is 6.74. The second-order valence-electron chi connectivity index (χ2n) is 4.71. The quantitative estimate of drug-likeness (QED) is 0.576. The van der Waals surface area contributed by atoms with Gasteiger partial charge in [-0.05, 0) is 22.4 Å². The van der Waals surface area contributed by atoms with Crippen LogP contribution in [0.5, 0.6) is 5.75 Å². The molecule has 0 atom stereocenters. The molecule has 0 heterocycles. The predicted molar refractivity (Wildman–Crippen MR) is 84.4 cm³/mol. The number of rotatable bonds is 4. The van der Waals surface area contributed by atoms with Crippen LogP contribution in [0.3, 0.4) is 0 Å². The molecule has 3 nitrogen and oxygen atoms in total. The van der Waals surface area contributed by atoms with Crippen molar-refractivity contribution in [2.75, 3.05) is 0 Å². The number of oxime groups is 1. The summed E-state index contributed by atoms with van der Waals surface area (Å²) in [7, 11) is 0. The minimum Gasteiger partial charge on any atom is -0.507 e. The van der Waals surface area contributed by atoms with Crippen molar-refractivity contribution in [1.82, 2.24) is 0 Å². The van der Waals surface area contributed by atoms with Crippen molar-refractivity contribution in [3.8, 4) is 5.75 Å². The van der Waals surface area contributed by atoms with E-state index in [4.69, 9.17) is 4.84 Å². The molecule has 0 unspecified atom stereocenters. The van der Waals surface area contributed by atoms with Crippen LogP contribution in [-0.4, -0.2) is 11.3 Å². The molecule has 0 spiro atoms. The standard InChI is InChI=1S/C18H15NO2/c20-18-11-10-15-8-4-5-9-16(15)17(18)12-19-21-13-14-6-2-1-3-7-14/h1-12,20H,13H2/b19-12-. The zero-order valence-corrected chi connectivity index (χ0v) is 11.4. The fraction of sp³-hybridized carbons (Fsp3) is 0.0556. The Kier molecular flexibility index (Phi) is 3.83. The number of phenols is 1. The Labute approximate surface area is 123 Å². The summed E-state index contributed by atoms with van der Waals surface area (Å²) in [4.78, 5) is 5.29. The van der Waals surface area contributed by atoms with Gasteiger partial charge in [0.15, 0.2) is 0 Å². The first kappa shape index (κ1) is 13.2. The first-order chi connectivity index (χ1) is 10.3. The zero-order valence-electron chi connectivity index (χ0n) is 11.4. The van der Waals surface area contributed by atoms with E-state index in [0.717, 1.165) is 16.3 Å². The number of aromatic hydroxyl groups is 1. The summed E-state index contributed by atoms with van der Waals surface area (Å²) in [6.07, 6.45) is 1.56. The summed E-state index contributed by atoms with van der Waals surface area (Å²) in [5.74, 6) is 0.195. The number of hydrogen-bond donors (Lipinski definition) is 1. The third-order valence-electron chi connectivity index (χ3n) is 3.28. The van der Waals surface area contributed by atoms with Crippen molar-refractivity contribution in [2.45, 2.75) is 6.61 Å². The van der Waals surface area contributed by atoms with E-state index in [2.05, 4.69) is 5.16 Å². The van der Waals surface area contributed by atoms with E-state index >= 15 is 0 Å². The van der Waals surface area contributed by atoms with Gasteiger partial charge in [-0.1, -0.05) is 65.8 Å². The number of nitrogens with zero attached hydrogens (tertiary/aromatic N) is 1. The average Bonchev–Trinajstić information content (AvgIpc) is 2.54. The summed E-state index contributed by atoms with van der Waals surface area (Å²) in [6, 6.07) is 21.2. The second-order valence-corrected chi connectivity index (χ2v) is 4.71. The molecule has 1 N–H and O–H groups in total. The molecule has 0 aliphatic rings. The van der Waals surface area contributed by atoms with Gasteiger partial charge in [0.2, 0.25) is 0 Å². The predicted octanol–water partition coefficient (Wildman–Crippen LogP) is 4.10. The molecule has 3 heteroatoms. The number of hydrogen-bond acceptors (Lipinski definition) is 3. The summed E-state index contributed by atoms with van der Waals surface area (Å²) < 4.78 is 0. The highest BCUT2D eigenvalue weighted by molar-refractivity contribution is 6.02. The van der Waals surface area contributed by atoms with E-state index in [0.29, 0.717) is 12.2 Å². The molecule has 3 aromatic rings. The van der Waals surface area contributed by atoms with Gasteiger partial charge in [-0.2, -0.15) is 0 Å². The molecule has 3 aromatic carbocycles. The Balaban J connectivity index is 1.78. The fourth-order valence-electron chi connectivity index (χ4n) is 2.20. The molecular formula is C18H15NO2. The molecule has 21 heavy (non-hydrogen) atoms. The Morgan fingerprint density at radius 1 is 0.905 bits per heavy atom. The van der Waals surface area contributed by atoms with Crippen LogP contribution in [0.25, 0.3) is 10.8 Å². The molecule has 0 fully saturated rings. The van der Waals surface area contributed by atoms with Crippen molar-refractivity contribution >= 4 is 17.0 Å². The van der Waals surface area contributed by atoms with E-state index in [9.17, 15) is 5.11 Å². The Bertz CT molecular complexity index is 767. The summed E-state index contributed by atoms with van der Waals surface area (Å²) in [6.45, 7) is 0.406. The van der Waals surface area contributed by atoms with Gasteiger partial charge in [0.05, 0.1) is 6.21 Å². The van der Waals surface area contributed by atoms with Gasteiger partial charge in [-0.3, -0.25) is 0 Å². The van der Waals surface area contributed by atoms with Gasteiger partial charge in [0.25, 0.3) is 0 Å². The third kappa shape index (κ3) is 3.03. The molecule has 0 saturated carbocycles. The van der Waals surface area contributed by atoms with Crippen molar-refractivity contribution < 1.29 is 9.94 Å². The van der Waals surface area contributed by atoms with Gasteiger partial charge in [-0.25, -0.2) is 0 Å². The molecule has 0 bridgehead atoms. The summed E-state index contributed by atoms with van der Waals surface area (Å²) in [5, 5.41) is 15.9. The van der Waals surface area contributed by atoms with E-state index in [1.165, 1.54) is 0 Å². The van der Waals surface area contributed by atoms with E-state index in [-0.39, 0.29) is 5.75 Å². The van der Waals surface area contributed by atoms with Crippen LogP contribution in [0.2, 0.25) is 0 Å². The van der Waals surface area contributed by atoms with Crippen molar-refractivity contribution in [2.24, 2.45) is 5.16 Å². The van der Waals surface area contributed by atoms with Crippen molar-refractivity contribution in [1.29, 1.82) is 0 Å². The van der Waals surface area contributed by atoms with Gasteiger partial charge in [0.1, 0.15) is 12.4 Å². The molecule has 0 amide bonds. The van der Waals surface area contributed by atoms with E-state index in [1.54, 1.807) is 12.3 Å². The molecule has 0 aromatic heterocycles. The highest BCUT2D eigenvalue weighted by Gasteiger charge is 2.04. The van der Waals surface area contributed by atoms with Crippen LogP contribution in [0.4, 0.5) is 0 Å². The van der Waals surface area contributed by atoms with Gasteiger partial charge in [-0.15, -0.1) is 0 Å². The molecule has 104 valence electrons. The molecule has 0 aliphatic carbocycles. The smallest absolute Gasteiger partial charge is 0.142 e. The first-order valence-corrected chi connectivity index (χ1v) is 6.74. The number of phenolic OH excluding ortho intramolecular Hbond substituents is 1. The van der Waals surface area contributed by atoms with Crippen molar-refractivity contribution in [3.63, 3.8) is 0 Å². The zero-order chi connectivity index (χ0) is 14.5. The Morgan fingerprint density at radius 3 is 2.52 bits per heavy atom. The molecule has 0 saturated heterocycles. The topological polar surface area (TPSA) is 41.8 Å². The van der Waals surface area contributed by atoms with Crippen LogP contribution < -0.4 is 0 Å². The summed E-state index contributed by atoms with van der Waals surface area (Å²) in [5.41, 5.74) is 1.72. The number of fused-ring (bicyclic) bond motifs is 1. The van der Waals surface area contributed by atoms with Crippen LogP contribution in [0.1, 0.15) is 11.1 Å². The van der Waals surface area contributed by atoms with Crippen LogP contribution in [0, 0.1) is 0 Å². The monoisotopic (exact) mass is 277 g/mol. The second kappa shape index (κ2) is 6.09. The minimum absolute atomic E-state index is 0.195. The van der Waals surface area contributed by atoms with Gasteiger partial charge in [0, 0.05) is 5.56 Å². The highest BCUT2D eigenvalue weighted by atomic mass is 16.6. The van der Waals surface area contributed by atoms with Gasteiger partial charge >= 0.3 is 0 Å². The lowest BCUT2D eigenvalue weighted by molar-refractivity contribution is 0.132. The lowest BCUT2D eigenvalue weighted by atomic mass is 10.0. The maximum absolute atomic E-state index is 9.98. The average molecular weight is 277 g/mol. The molecule has 3 rings (SSSR count). The number of benzene rings is 3. The third-order valence-corrected chi connectivity index (χ3v) is 3.28. The van der Waals surface area contributed by atoms with Gasteiger partial charge < -0.3 is 9.94 Å². The van der Waals surface area contributed by atoms with Crippen LogP contribution in [-0.2, 0) is 11.4 Å². The summed E-state index contributed by atoms with van der Waals surface area (Å²) >= 11 is 0. The molecule has 0 radical (unpaired) electrons. The Hall–Kier alpha value is -2.81. The largest absolute Gasteiger partial charge is 0.507 e. The highest BCUT2D eigenvalue weighted by Crippen LogP contribution is 2.25. The van der Waals surface area contributed by atoms with E-state index in [1.807, 2.05) is 60.7 Å². The maximum Gasteiger partial charge on any atom is 0.142 e. The van der Waals surface area contributed by atoms with Crippen LogP contribution in [0.15, 0.2) is 71.9 Å².